The van der Waals surface area contributed by atoms with E-state index in [-0.39, 0.29) is 11.9 Å². The zero-order chi connectivity index (χ0) is 13.1. The van der Waals surface area contributed by atoms with Crippen molar-refractivity contribution in [3.63, 3.8) is 0 Å². The minimum absolute atomic E-state index is 0.207. The molecule has 1 heterocycles. The van der Waals surface area contributed by atoms with Crippen LogP contribution in [0.2, 0.25) is 0 Å². The van der Waals surface area contributed by atoms with Gasteiger partial charge in [0.1, 0.15) is 11.6 Å². The molecule has 0 aliphatic heterocycles. The molecule has 96 valence electrons. The summed E-state index contributed by atoms with van der Waals surface area (Å²) in [7, 11) is 0. The summed E-state index contributed by atoms with van der Waals surface area (Å²) in [5.41, 5.74) is 6.66. The van der Waals surface area contributed by atoms with Crippen LogP contribution in [0.25, 0.3) is 0 Å². The third-order valence-corrected chi connectivity index (χ3v) is 4.37. The smallest absolute Gasteiger partial charge is 0.174 e. The molecule has 0 bridgehead atoms. The van der Waals surface area contributed by atoms with Crippen LogP contribution in [0.15, 0.2) is 27.4 Å². The van der Waals surface area contributed by atoms with Gasteiger partial charge in [-0.25, -0.2) is 9.37 Å². The van der Waals surface area contributed by atoms with Crippen LogP contribution in [0.1, 0.15) is 31.3 Å². The number of aromatic nitrogens is 2. The lowest BCUT2D eigenvalue weighted by atomic mass is 10.1. The van der Waals surface area contributed by atoms with Gasteiger partial charge in [-0.3, -0.25) is 0 Å². The second kappa shape index (κ2) is 5.77. The molecule has 0 spiro atoms. The number of aryl methyl sites for hydroxylation is 1. The van der Waals surface area contributed by atoms with E-state index < -0.39 is 0 Å². The van der Waals surface area contributed by atoms with Gasteiger partial charge in [0.05, 0.1) is 4.90 Å². The monoisotopic (exact) mass is 283 g/mol. The molecule has 1 aromatic carbocycles. The Labute approximate surface area is 114 Å². The predicted molar refractivity (Wildman–Crippen MR) is 72.4 cm³/mol. The molecule has 1 atom stereocenters. The van der Waals surface area contributed by atoms with E-state index in [0.29, 0.717) is 4.90 Å². The van der Waals surface area contributed by atoms with Crippen LogP contribution in [0, 0.1) is 5.82 Å². The van der Waals surface area contributed by atoms with E-state index >= 15 is 0 Å². The molecule has 0 aliphatic carbocycles. The van der Waals surface area contributed by atoms with Crippen molar-refractivity contribution in [2.75, 3.05) is 0 Å². The molecular formula is C12H14FN3S2. The lowest BCUT2D eigenvalue weighted by Crippen LogP contribution is -2.07. The van der Waals surface area contributed by atoms with Crippen LogP contribution >= 0.6 is 23.3 Å². The standard InChI is InChI=1S/C12H14FN3S2/c1-3-10-15-12(18-16-10)17-11-8(7(2)14)5-4-6-9(11)13/h4-7H,3,14H2,1-2H3/t7-/m1/s1. The Morgan fingerprint density at radius 3 is 2.89 bits per heavy atom. The van der Waals surface area contributed by atoms with Crippen molar-refractivity contribution in [3.8, 4) is 0 Å². The highest BCUT2D eigenvalue weighted by atomic mass is 32.2. The number of benzene rings is 1. The summed E-state index contributed by atoms with van der Waals surface area (Å²) < 4.78 is 18.8. The van der Waals surface area contributed by atoms with E-state index in [2.05, 4.69) is 9.36 Å². The summed E-state index contributed by atoms with van der Waals surface area (Å²) in [5.74, 6) is 0.532. The molecule has 0 saturated heterocycles. The SMILES string of the molecule is CCc1nsc(Sc2c(F)cccc2[C@@H](C)N)n1. The van der Waals surface area contributed by atoms with Gasteiger partial charge in [-0.1, -0.05) is 30.8 Å². The molecule has 6 heteroatoms. The van der Waals surface area contributed by atoms with E-state index in [0.717, 1.165) is 22.1 Å². The normalized spacial score (nSPS) is 12.7. The van der Waals surface area contributed by atoms with Crippen LogP contribution in [-0.2, 0) is 6.42 Å². The maximum atomic E-state index is 13.9. The summed E-state index contributed by atoms with van der Waals surface area (Å²) in [6, 6.07) is 4.76. The van der Waals surface area contributed by atoms with Crippen molar-refractivity contribution in [2.24, 2.45) is 5.73 Å². The van der Waals surface area contributed by atoms with Crippen LogP contribution in [0.4, 0.5) is 4.39 Å². The largest absolute Gasteiger partial charge is 0.324 e. The van der Waals surface area contributed by atoms with Crippen LogP contribution in [-0.4, -0.2) is 9.36 Å². The Bertz CT molecular complexity index is 540. The lowest BCUT2D eigenvalue weighted by Gasteiger charge is -2.11. The fourth-order valence-electron chi connectivity index (χ4n) is 1.50. The molecule has 0 aliphatic rings. The average molecular weight is 283 g/mol. The highest BCUT2D eigenvalue weighted by molar-refractivity contribution is 8.01. The molecule has 0 unspecified atom stereocenters. The number of nitrogens with two attached hydrogens (primary N) is 1. The third-order valence-electron chi connectivity index (χ3n) is 2.44. The van der Waals surface area contributed by atoms with Crippen molar-refractivity contribution in [2.45, 2.75) is 35.5 Å². The molecule has 2 N–H and O–H groups in total. The minimum Gasteiger partial charge on any atom is -0.324 e. The average Bonchev–Trinajstić information content (AvgIpc) is 2.79. The van der Waals surface area contributed by atoms with Crippen molar-refractivity contribution < 1.29 is 4.39 Å². The molecule has 18 heavy (non-hydrogen) atoms. The van der Waals surface area contributed by atoms with Crippen molar-refractivity contribution >= 4 is 23.3 Å². The molecule has 0 saturated carbocycles. The Balaban J connectivity index is 2.33. The maximum Gasteiger partial charge on any atom is 0.174 e. The van der Waals surface area contributed by atoms with E-state index in [1.165, 1.54) is 29.4 Å². The Hall–Kier alpha value is -0.980. The summed E-state index contributed by atoms with van der Waals surface area (Å²) in [6.45, 7) is 3.84. The van der Waals surface area contributed by atoms with E-state index in [4.69, 9.17) is 5.73 Å². The quantitative estimate of drug-likeness (QED) is 0.934. The van der Waals surface area contributed by atoms with Gasteiger partial charge in [0.2, 0.25) is 0 Å². The first-order valence-corrected chi connectivity index (χ1v) is 7.25. The summed E-state index contributed by atoms with van der Waals surface area (Å²) in [4.78, 5) is 4.88. The molecule has 0 radical (unpaired) electrons. The lowest BCUT2D eigenvalue weighted by molar-refractivity contribution is 0.591. The zero-order valence-corrected chi connectivity index (χ0v) is 11.8. The highest BCUT2D eigenvalue weighted by Crippen LogP contribution is 2.35. The van der Waals surface area contributed by atoms with Gasteiger partial charge in [-0.05, 0) is 30.1 Å². The zero-order valence-electron chi connectivity index (χ0n) is 10.2. The first-order valence-electron chi connectivity index (χ1n) is 5.66. The van der Waals surface area contributed by atoms with Crippen molar-refractivity contribution in [3.05, 3.63) is 35.4 Å². The Kier molecular flexibility index (Phi) is 4.31. The Morgan fingerprint density at radius 2 is 2.28 bits per heavy atom. The van der Waals surface area contributed by atoms with Crippen LogP contribution in [0.5, 0.6) is 0 Å². The van der Waals surface area contributed by atoms with Gasteiger partial charge >= 0.3 is 0 Å². The first kappa shape index (κ1) is 13.5. The fourth-order valence-corrected chi connectivity index (χ4v) is 3.38. The first-order chi connectivity index (χ1) is 8.61. The van der Waals surface area contributed by atoms with Crippen LogP contribution < -0.4 is 5.73 Å². The molecule has 3 nitrogen and oxygen atoms in total. The van der Waals surface area contributed by atoms with Crippen molar-refractivity contribution in [1.82, 2.24) is 9.36 Å². The van der Waals surface area contributed by atoms with Gasteiger partial charge in [-0.15, -0.1) is 0 Å². The highest BCUT2D eigenvalue weighted by Gasteiger charge is 2.15. The number of halogens is 1. The van der Waals surface area contributed by atoms with Gasteiger partial charge < -0.3 is 5.73 Å². The maximum absolute atomic E-state index is 13.9. The number of nitrogens with zero attached hydrogens (tertiary/aromatic N) is 2. The third kappa shape index (κ3) is 2.88. The second-order valence-electron chi connectivity index (χ2n) is 3.88. The summed E-state index contributed by atoms with van der Waals surface area (Å²) in [5, 5.41) is 0. The Morgan fingerprint density at radius 1 is 1.50 bits per heavy atom. The van der Waals surface area contributed by atoms with Crippen LogP contribution in [0.3, 0.4) is 0 Å². The molecule has 2 rings (SSSR count). The van der Waals surface area contributed by atoms with Gasteiger partial charge in [0.15, 0.2) is 4.34 Å². The number of rotatable bonds is 4. The fraction of sp³-hybridized carbons (Fsp3) is 0.333. The molecule has 2 aromatic rings. The summed E-state index contributed by atoms with van der Waals surface area (Å²) in [6.07, 6.45) is 0.786. The molecular weight excluding hydrogens is 269 g/mol. The van der Waals surface area contributed by atoms with E-state index in [1.54, 1.807) is 6.07 Å². The summed E-state index contributed by atoms with van der Waals surface area (Å²) >= 11 is 2.59. The van der Waals surface area contributed by atoms with Gasteiger partial charge in [0, 0.05) is 12.5 Å². The molecule has 0 fully saturated rings. The molecule has 0 amide bonds. The molecule has 1 aromatic heterocycles. The topological polar surface area (TPSA) is 51.8 Å². The second-order valence-corrected chi connectivity index (χ2v) is 5.89. The number of hydrogen-bond acceptors (Lipinski definition) is 5. The number of hydrogen-bond donors (Lipinski definition) is 1. The van der Waals surface area contributed by atoms with Crippen molar-refractivity contribution in [1.29, 1.82) is 0 Å². The van der Waals surface area contributed by atoms with E-state index in [9.17, 15) is 4.39 Å². The van der Waals surface area contributed by atoms with Gasteiger partial charge in [0.25, 0.3) is 0 Å². The van der Waals surface area contributed by atoms with E-state index in [1.807, 2.05) is 19.9 Å². The minimum atomic E-state index is -0.261. The predicted octanol–water partition coefficient (Wildman–Crippen LogP) is 3.41. The van der Waals surface area contributed by atoms with Gasteiger partial charge in [-0.2, -0.15) is 4.37 Å².